The van der Waals surface area contributed by atoms with Crippen LogP contribution in [0.15, 0.2) is 36.5 Å². The normalized spacial score (nSPS) is 11.9. The van der Waals surface area contributed by atoms with Gasteiger partial charge < -0.3 is 0 Å². The van der Waals surface area contributed by atoms with Crippen molar-refractivity contribution in [1.82, 2.24) is 10.5 Å². The summed E-state index contributed by atoms with van der Waals surface area (Å²) in [7, 11) is 0. The van der Waals surface area contributed by atoms with E-state index in [4.69, 9.17) is 0 Å². The number of nitrogens with zero attached hydrogens (tertiary/aromatic N) is 1. The van der Waals surface area contributed by atoms with E-state index in [-0.39, 0.29) is 6.54 Å². The van der Waals surface area contributed by atoms with Crippen molar-refractivity contribution in [1.29, 1.82) is 0 Å². The van der Waals surface area contributed by atoms with Gasteiger partial charge in [-0.3, -0.25) is 9.82 Å². The molecule has 0 saturated heterocycles. The average molecular weight is 256 g/mol. The SMILES string of the molecule is FC(F)(F)CONCc1cccc2cccnc12. The van der Waals surface area contributed by atoms with Crippen LogP contribution in [0.4, 0.5) is 13.2 Å². The fourth-order valence-corrected chi connectivity index (χ4v) is 1.57. The van der Waals surface area contributed by atoms with Gasteiger partial charge in [0.05, 0.1) is 5.52 Å². The Morgan fingerprint density at radius 1 is 1.17 bits per heavy atom. The van der Waals surface area contributed by atoms with Crippen molar-refractivity contribution in [2.24, 2.45) is 0 Å². The molecule has 0 fully saturated rings. The number of aromatic nitrogens is 1. The monoisotopic (exact) mass is 256 g/mol. The van der Waals surface area contributed by atoms with Gasteiger partial charge >= 0.3 is 6.18 Å². The first-order valence-electron chi connectivity index (χ1n) is 5.30. The Hall–Kier alpha value is -1.66. The highest BCUT2D eigenvalue weighted by Crippen LogP contribution is 2.16. The van der Waals surface area contributed by atoms with Gasteiger partial charge in [0.15, 0.2) is 6.61 Å². The smallest absolute Gasteiger partial charge is 0.292 e. The van der Waals surface area contributed by atoms with Gasteiger partial charge in [0.2, 0.25) is 0 Å². The highest BCUT2D eigenvalue weighted by molar-refractivity contribution is 5.81. The fourth-order valence-electron chi connectivity index (χ4n) is 1.57. The molecule has 0 aliphatic carbocycles. The molecular weight excluding hydrogens is 245 g/mol. The number of halogens is 3. The first-order valence-corrected chi connectivity index (χ1v) is 5.30. The van der Waals surface area contributed by atoms with E-state index in [2.05, 4.69) is 15.3 Å². The van der Waals surface area contributed by atoms with Gasteiger partial charge in [-0.25, -0.2) is 0 Å². The van der Waals surface area contributed by atoms with E-state index in [1.807, 2.05) is 18.2 Å². The molecule has 0 atom stereocenters. The van der Waals surface area contributed by atoms with Gasteiger partial charge in [-0.1, -0.05) is 24.3 Å². The zero-order valence-corrected chi connectivity index (χ0v) is 9.37. The summed E-state index contributed by atoms with van der Waals surface area (Å²) in [5.41, 5.74) is 3.83. The molecule has 1 aromatic heterocycles. The zero-order chi connectivity index (χ0) is 13.0. The van der Waals surface area contributed by atoms with Crippen LogP contribution in [0.5, 0.6) is 0 Å². The largest absolute Gasteiger partial charge is 0.413 e. The molecule has 96 valence electrons. The van der Waals surface area contributed by atoms with Crippen LogP contribution in [0, 0.1) is 0 Å². The number of pyridine rings is 1. The number of rotatable bonds is 4. The Kier molecular flexibility index (Phi) is 3.78. The van der Waals surface area contributed by atoms with Crippen molar-refractivity contribution >= 4 is 10.9 Å². The third-order valence-corrected chi connectivity index (χ3v) is 2.32. The van der Waals surface area contributed by atoms with Crippen LogP contribution >= 0.6 is 0 Å². The Morgan fingerprint density at radius 2 is 1.94 bits per heavy atom. The van der Waals surface area contributed by atoms with Crippen LogP contribution in [0.1, 0.15) is 5.56 Å². The molecule has 2 aromatic rings. The molecule has 0 saturated carbocycles. The molecule has 0 unspecified atom stereocenters. The van der Waals surface area contributed by atoms with E-state index in [0.29, 0.717) is 0 Å². The maximum absolute atomic E-state index is 11.9. The fraction of sp³-hybridized carbons (Fsp3) is 0.250. The number of fused-ring (bicyclic) bond motifs is 1. The van der Waals surface area contributed by atoms with Gasteiger partial charge in [-0.05, 0) is 11.6 Å². The predicted octanol–water partition coefficient (Wildman–Crippen LogP) is 2.82. The van der Waals surface area contributed by atoms with E-state index in [1.54, 1.807) is 18.3 Å². The maximum Gasteiger partial charge on any atom is 0.413 e. The lowest BCUT2D eigenvalue weighted by atomic mass is 10.1. The van der Waals surface area contributed by atoms with Gasteiger partial charge in [-0.15, -0.1) is 0 Å². The summed E-state index contributed by atoms with van der Waals surface area (Å²) < 4.78 is 35.6. The van der Waals surface area contributed by atoms with Crippen molar-refractivity contribution in [3.8, 4) is 0 Å². The topological polar surface area (TPSA) is 34.1 Å². The Bertz CT molecular complexity index is 523. The third kappa shape index (κ3) is 3.41. The van der Waals surface area contributed by atoms with Crippen LogP contribution in [0.3, 0.4) is 0 Å². The van der Waals surface area contributed by atoms with Gasteiger partial charge in [-0.2, -0.15) is 18.7 Å². The van der Waals surface area contributed by atoms with E-state index in [0.717, 1.165) is 16.5 Å². The molecule has 2 rings (SSSR count). The minimum atomic E-state index is -4.33. The molecule has 1 heterocycles. The summed E-state index contributed by atoms with van der Waals surface area (Å²) in [5.74, 6) is 0. The Balaban J connectivity index is 2.00. The predicted molar refractivity (Wildman–Crippen MR) is 60.6 cm³/mol. The van der Waals surface area contributed by atoms with Crippen molar-refractivity contribution < 1.29 is 18.0 Å². The average Bonchev–Trinajstić information content (AvgIpc) is 2.33. The summed E-state index contributed by atoms with van der Waals surface area (Å²) in [6.07, 6.45) is -2.69. The Labute approximate surface area is 102 Å². The minimum Gasteiger partial charge on any atom is -0.292 e. The molecule has 0 amide bonds. The Morgan fingerprint density at radius 3 is 2.72 bits per heavy atom. The van der Waals surface area contributed by atoms with Gasteiger partial charge in [0.1, 0.15) is 0 Å². The van der Waals surface area contributed by atoms with Crippen molar-refractivity contribution in [2.45, 2.75) is 12.7 Å². The molecule has 1 N–H and O–H groups in total. The summed E-state index contributed by atoms with van der Waals surface area (Å²) in [4.78, 5) is 8.54. The van der Waals surface area contributed by atoms with E-state index in [9.17, 15) is 13.2 Å². The van der Waals surface area contributed by atoms with E-state index >= 15 is 0 Å². The number of benzene rings is 1. The lowest BCUT2D eigenvalue weighted by molar-refractivity contribution is -0.190. The summed E-state index contributed by atoms with van der Waals surface area (Å²) >= 11 is 0. The zero-order valence-electron chi connectivity index (χ0n) is 9.37. The van der Waals surface area contributed by atoms with Crippen LogP contribution < -0.4 is 5.48 Å². The van der Waals surface area contributed by atoms with Crippen LogP contribution in [-0.4, -0.2) is 17.8 Å². The van der Waals surface area contributed by atoms with Gasteiger partial charge in [0.25, 0.3) is 0 Å². The van der Waals surface area contributed by atoms with Crippen molar-refractivity contribution in [2.75, 3.05) is 6.61 Å². The summed E-state index contributed by atoms with van der Waals surface area (Å²) in [6.45, 7) is -1.14. The molecule has 0 aliphatic heterocycles. The maximum atomic E-state index is 11.9. The molecule has 0 bridgehead atoms. The quantitative estimate of drug-likeness (QED) is 0.674. The van der Waals surface area contributed by atoms with Crippen LogP contribution in [0.2, 0.25) is 0 Å². The van der Waals surface area contributed by atoms with E-state index in [1.165, 1.54) is 0 Å². The number of hydrogen-bond donors (Lipinski definition) is 1. The van der Waals surface area contributed by atoms with E-state index < -0.39 is 12.8 Å². The lowest BCUT2D eigenvalue weighted by Crippen LogP contribution is -2.24. The highest BCUT2D eigenvalue weighted by Gasteiger charge is 2.27. The number of hydrogen-bond acceptors (Lipinski definition) is 3. The first-order chi connectivity index (χ1) is 8.56. The molecular formula is C12H11F3N2O. The molecule has 0 aliphatic rings. The summed E-state index contributed by atoms with van der Waals surface area (Å²) in [5, 5.41) is 0.938. The molecule has 18 heavy (non-hydrogen) atoms. The van der Waals surface area contributed by atoms with Crippen LogP contribution in [0.25, 0.3) is 10.9 Å². The summed E-state index contributed by atoms with van der Waals surface area (Å²) in [6, 6.07) is 9.20. The number of hydroxylamine groups is 1. The second kappa shape index (κ2) is 5.32. The van der Waals surface area contributed by atoms with Crippen LogP contribution in [-0.2, 0) is 11.4 Å². The standard InChI is InChI=1S/C12H11F3N2O/c13-12(14,15)8-18-17-7-10-4-1-3-9-5-2-6-16-11(9)10/h1-6,17H,7-8H2. The molecule has 0 spiro atoms. The second-order valence-corrected chi connectivity index (χ2v) is 3.72. The van der Waals surface area contributed by atoms with Gasteiger partial charge in [0, 0.05) is 18.1 Å². The lowest BCUT2D eigenvalue weighted by Gasteiger charge is -2.09. The first kappa shape index (κ1) is 12.8. The number of para-hydroxylation sites is 1. The highest BCUT2D eigenvalue weighted by atomic mass is 19.4. The second-order valence-electron chi connectivity index (χ2n) is 3.72. The van der Waals surface area contributed by atoms with Crippen molar-refractivity contribution in [3.05, 3.63) is 42.1 Å². The molecule has 0 radical (unpaired) electrons. The number of nitrogens with one attached hydrogen (secondary N) is 1. The third-order valence-electron chi connectivity index (χ3n) is 2.32. The molecule has 1 aromatic carbocycles. The van der Waals surface area contributed by atoms with Crippen molar-refractivity contribution in [3.63, 3.8) is 0 Å². The molecule has 3 nitrogen and oxygen atoms in total. The minimum absolute atomic E-state index is 0.171. The number of alkyl halides is 3. The molecule has 6 heteroatoms.